The second-order valence-corrected chi connectivity index (χ2v) is 7.17. The number of aromatic hydroxyl groups is 1. The lowest BCUT2D eigenvalue weighted by atomic mass is 10.1. The van der Waals surface area contributed by atoms with E-state index in [2.05, 4.69) is 15.5 Å². The van der Waals surface area contributed by atoms with Gasteiger partial charge in [0.05, 0.1) is 6.21 Å². The van der Waals surface area contributed by atoms with E-state index in [-0.39, 0.29) is 11.4 Å². The maximum atomic E-state index is 12.9. The molecule has 0 amide bonds. The van der Waals surface area contributed by atoms with Gasteiger partial charge in [-0.3, -0.25) is 13.9 Å². The molecule has 9 nitrogen and oxygen atoms in total. The summed E-state index contributed by atoms with van der Waals surface area (Å²) < 4.78 is 4.16. The molecule has 2 aromatic heterocycles. The van der Waals surface area contributed by atoms with E-state index in [1.54, 1.807) is 35.9 Å². The molecule has 0 bridgehead atoms. The predicted octanol–water partition coefficient (Wildman–Crippen LogP) is 1.83. The van der Waals surface area contributed by atoms with Crippen LogP contribution < -0.4 is 16.7 Å². The highest BCUT2D eigenvalue weighted by Crippen LogP contribution is 2.17. The van der Waals surface area contributed by atoms with Crippen LogP contribution in [0.1, 0.15) is 11.1 Å². The van der Waals surface area contributed by atoms with E-state index < -0.39 is 11.2 Å². The van der Waals surface area contributed by atoms with Crippen LogP contribution in [0.15, 0.2) is 69.3 Å². The summed E-state index contributed by atoms with van der Waals surface area (Å²) in [5, 5.41) is 13.8. The molecule has 0 atom stereocenters. The van der Waals surface area contributed by atoms with Crippen molar-refractivity contribution in [3.8, 4) is 5.75 Å². The third-order valence-corrected chi connectivity index (χ3v) is 5.06. The molecule has 0 radical (unpaired) electrons. The Hall–Kier alpha value is -4.14. The third-order valence-electron chi connectivity index (χ3n) is 5.06. The van der Waals surface area contributed by atoms with E-state index in [4.69, 9.17) is 0 Å². The molecule has 0 saturated heterocycles. The molecule has 0 saturated carbocycles. The van der Waals surface area contributed by atoms with Crippen LogP contribution in [0.3, 0.4) is 0 Å². The minimum Gasteiger partial charge on any atom is -0.508 e. The number of rotatable bonds is 6. The molecule has 0 spiro atoms. The van der Waals surface area contributed by atoms with Gasteiger partial charge in [-0.15, -0.1) is 0 Å². The van der Waals surface area contributed by atoms with Crippen LogP contribution in [0.5, 0.6) is 5.75 Å². The van der Waals surface area contributed by atoms with E-state index in [0.29, 0.717) is 30.0 Å². The highest BCUT2D eigenvalue weighted by molar-refractivity contribution is 5.81. The molecule has 4 rings (SSSR count). The zero-order valence-electron chi connectivity index (χ0n) is 17.2. The van der Waals surface area contributed by atoms with Gasteiger partial charge in [0.2, 0.25) is 5.95 Å². The monoisotopic (exact) mass is 418 g/mol. The molecule has 0 aliphatic rings. The average Bonchev–Trinajstić information content (AvgIpc) is 3.14. The first-order valence-corrected chi connectivity index (χ1v) is 9.74. The summed E-state index contributed by atoms with van der Waals surface area (Å²) in [7, 11) is 3.03. The number of phenolic OH excluding ortho intramolecular Hbond substituents is 1. The summed E-state index contributed by atoms with van der Waals surface area (Å²) in [6.45, 7) is 0.470. The van der Waals surface area contributed by atoms with Crippen LogP contribution >= 0.6 is 0 Å². The normalized spacial score (nSPS) is 11.4. The van der Waals surface area contributed by atoms with Crippen LogP contribution in [0.25, 0.3) is 11.2 Å². The first kappa shape index (κ1) is 20.1. The van der Waals surface area contributed by atoms with Crippen LogP contribution in [-0.4, -0.2) is 30.0 Å². The van der Waals surface area contributed by atoms with Gasteiger partial charge < -0.3 is 9.67 Å². The quantitative estimate of drug-likeness (QED) is 0.367. The Morgan fingerprint density at radius 2 is 1.84 bits per heavy atom. The standard InChI is InChI=1S/C22H22N6O3/c1-26-19-18(20(30)27(2)22(26)31)28(12-11-15-7-4-3-5-8-15)21(24-19)25-23-14-16-9-6-10-17(29)13-16/h3-10,13-14,29H,11-12H2,1-2H3,(H,24,25)/b23-14-. The number of nitrogens with zero attached hydrogens (tertiary/aromatic N) is 5. The van der Waals surface area contributed by atoms with Crippen molar-refractivity contribution in [2.75, 3.05) is 5.43 Å². The molecule has 0 aliphatic carbocycles. The summed E-state index contributed by atoms with van der Waals surface area (Å²) in [4.78, 5) is 29.7. The van der Waals surface area contributed by atoms with E-state index >= 15 is 0 Å². The van der Waals surface area contributed by atoms with Crippen LogP contribution in [0.4, 0.5) is 5.95 Å². The lowest BCUT2D eigenvalue weighted by Gasteiger charge is -2.09. The Morgan fingerprint density at radius 3 is 2.58 bits per heavy atom. The smallest absolute Gasteiger partial charge is 0.332 e. The number of anilines is 1. The van der Waals surface area contributed by atoms with Crippen molar-refractivity contribution < 1.29 is 5.11 Å². The Labute approximate surface area is 177 Å². The molecule has 2 N–H and O–H groups in total. The molecule has 4 aromatic rings. The summed E-state index contributed by atoms with van der Waals surface area (Å²) in [5.74, 6) is 0.484. The van der Waals surface area contributed by atoms with Crippen molar-refractivity contribution in [1.29, 1.82) is 0 Å². The molecule has 0 aliphatic heterocycles. The molecule has 158 valence electrons. The highest BCUT2D eigenvalue weighted by atomic mass is 16.3. The Bertz CT molecular complexity index is 1380. The number of phenols is 1. The van der Waals surface area contributed by atoms with Gasteiger partial charge >= 0.3 is 5.69 Å². The minimum absolute atomic E-state index is 0.137. The number of aryl methyl sites for hydroxylation is 3. The van der Waals surface area contributed by atoms with Gasteiger partial charge in [-0.2, -0.15) is 10.1 Å². The lowest BCUT2D eigenvalue weighted by Crippen LogP contribution is -2.37. The maximum Gasteiger partial charge on any atom is 0.332 e. The largest absolute Gasteiger partial charge is 0.508 e. The number of hydrogen-bond donors (Lipinski definition) is 2. The van der Waals surface area contributed by atoms with E-state index in [1.807, 2.05) is 30.3 Å². The second-order valence-electron chi connectivity index (χ2n) is 7.17. The summed E-state index contributed by atoms with van der Waals surface area (Å²) >= 11 is 0. The fraction of sp³-hybridized carbons (Fsp3) is 0.182. The first-order chi connectivity index (χ1) is 15.0. The van der Waals surface area contributed by atoms with Crippen molar-refractivity contribution in [2.24, 2.45) is 19.2 Å². The molecular weight excluding hydrogens is 396 g/mol. The summed E-state index contributed by atoms with van der Waals surface area (Å²) in [6, 6.07) is 16.6. The highest BCUT2D eigenvalue weighted by Gasteiger charge is 2.18. The zero-order chi connectivity index (χ0) is 22.0. The van der Waals surface area contributed by atoms with E-state index in [1.165, 1.54) is 17.8 Å². The second kappa shape index (κ2) is 8.31. The van der Waals surface area contributed by atoms with Crippen molar-refractivity contribution in [1.82, 2.24) is 18.7 Å². The topological polar surface area (TPSA) is 106 Å². The number of imidazole rings is 1. The number of hydrazone groups is 1. The van der Waals surface area contributed by atoms with Gasteiger partial charge in [-0.25, -0.2) is 10.2 Å². The molecule has 9 heteroatoms. The van der Waals surface area contributed by atoms with Gasteiger partial charge in [0.15, 0.2) is 11.2 Å². The molecule has 0 unspecified atom stereocenters. The average molecular weight is 418 g/mol. The van der Waals surface area contributed by atoms with Gasteiger partial charge in [-0.1, -0.05) is 42.5 Å². The van der Waals surface area contributed by atoms with Gasteiger partial charge in [0, 0.05) is 20.6 Å². The summed E-state index contributed by atoms with van der Waals surface area (Å²) in [6.07, 6.45) is 2.21. The zero-order valence-corrected chi connectivity index (χ0v) is 17.2. The SMILES string of the molecule is Cn1c(=O)c2c(nc(N/N=C\c3cccc(O)c3)n2CCc2ccccc2)n(C)c1=O. The molecule has 0 fully saturated rings. The van der Waals surface area contributed by atoms with Crippen molar-refractivity contribution >= 4 is 23.3 Å². The number of benzene rings is 2. The van der Waals surface area contributed by atoms with Crippen LogP contribution in [0, 0.1) is 0 Å². The summed E-state index contributed by atoms with van der Waals surface area (Å²) in [5.41, 5.74) is 4.44. The third kappa shape index (κ3) is 3.97. The van der Waals surface area contributed by atoms with Gasteiger partial charge in [-0.05, 0) is 29.7 Å². The predicted molar refractivity (Wildman–Crippen MR) is 120 cm³/mol. The fourth-order valence-corrected chi connectivity index (χ4v) is 3.40. The molecule has 2 aromatic carbocycles. The van der Waals surface area contributed by atoms with E-state index in [9.17, 15) is 14.7 Å². The Kier molecular flexibility index (Phi) is 5.40. The first-order valence-electron chi connectivity index (χ1n) is 9.74. The maximum absolute atomic E-state index is 12.9. The Balaban J connectivity index is 1.75. The van der Waals surface area contributed by atoms with Crippen molar-refractivity contribution in [3.63, 3.8) is 0 Å². The van der Waals surface area contributed by atoms with Gasteiger partial charge in [0.25, 0.3) is 5.56 Å². The molecule has 2 heterocycles. The van der Waals surface area contributed by atoms with Gasteiger partial charge in [0.1, 0.15) is 5.75 Å². The number of fused-ring (bicyclic) bond motifs is 1. The van der Waals surface area contributed by atoms with Crippen LogP contribution in [0.2, 0.25) is 0 Å². The molecule has 31 heavy (non-hydrogen) atoms. The molecular formula is C22H22N6O3. The van der Waals surface area contributed by atoms with Crippen molar-refractivity contribution in [2.45, 2.75) is 13.0 Å². The minimum atomic E-state index is -0.444. The number of aromatic nitrogens is 4. The Morgan fingerprint density at radius 1 is 1.06 bits per heavy atom. The number of nitrogens with one attached hydrogen (secondary N) is 1. The van der Waals surface area contributed by atoms with E-state index in [0.717, 1.165) is 10.1 Å². The number of hydrogen-bond acceptors (Lipinski definition) is 6. The lowest BCUT2D eigenvalue weighted by molar-refractivity contribution is 0.475. The van der Waals surface area contributed by atoms with Crippen LogP contribution in [-0.2, 0) is 27.1 Å². The fourth-order valence-electron chi connectivity index (χ4n) is 3.40. The van der Waals surface area contributed by atoms with Crippen molar-refractivity contribution in [3.05, 3.63) is 86.6 Å².